The van der Waals surface area contributed by atoms with Crippen molar-refractivity contribution in [2.24, 2.45) is 0 Å². The number of piperidine rings is 1. The summed E-state index contributed by atoms with van der Waals surface area (Å²) in [6, 6.07) is 0.0121. The number of aryl methyl sites for hydroxylation is 2. The van der Waals surface area contributed by atoms with E-state index in [1.807, 2.05) is 0 Å². The van der Waals surface area contributed by atoms with E-state index >= 15 is 0 Å². The molecular formula is C16H27N5O. The molecule has 3 heterocycles. The van der Waals surface area contributed by atoms with Crippen LogP contribution in [0.5, 0.6) is 0 Å². The smallest absolute Gasteiger partial charge is 0.237 e. The minimum atomic E-state index is 0.0121. The fraction of sp³-hybridized carbons (Fsp3) is 0.812. The molecule has 122 valence electrons. The maximum absolute atomic E-state index is 12.0. The first-order valence-electron chi connectivity index (χ1n) is 8.76. The van der Waals surface area contributed by atoms with Crippen LogP contribution >= 0.6 is 0 Å². The van der Waals surface area contributed by atoms with E-state index < -0.39 is 0 Å². The molecule has 0 unspecified atom stereocenters. The molecule has 2 N–H and O–H groups in total. The molecule has 0 aromatic carbocycles. The van der Waals surface area contributed by atoms with Crippen molar-refractivity contribution in [2.75, 3.05) is 13.1 Å². The van der Waals surface area contributed by atoms with Gasteiger partial charge in [0, 0.05) is 25.9 Å². The van der Waals surface area contributed by atoms with Crippen LogP contribution in [0.25, 0.3) is 0 Å². The van der Waals surface area contributed by atoms with Gasteiger partial charge in [-0.1, -0.05) is 12.8 Å². The zero-order valence-electron chi connectivity index (χ0n) is 13.3. The van der Waals surface area contributed by atoms with E-state index in [2.05, 4.69) is 25.4 Å². The Hall–Kier alpha value is -1.43. The minimum Gasteiger partial charge on any atom is -0.355 e. The number of rotatable bonds is 5. The third kappa shape index (κ3) is 3.85. The van der Waals surface area contributed by atoms with Crippen molar-refractivity contribution in [1.29, 1.82) is 0 Å². The molecule has 0 aliphatic carbocycles. The summed E-state index contributed by atoms with van der Waals surface area (Å²) in [7, 11) is 0. The summed E-state index contributed by atoms with van der Waals surface area (Å²) in [6.45, 7) is 2.74. The molecule has 1 atom stereocenters. The maximum atomic E-state index is 12.0. The summed E-state index contributed by atoms with van der Waals surface area (Å²) < 4.78 is 2.29. The van der Waals surface area contributed by atoms with Gasteiger partial charge in [0.1, 0.15) is 11.6 Å². The van der Waals surface area contributed by atoms with E-state index in [1.54, 1.807) is 0 Å². The van der Waals surface area contributed by atoms with Gasteiger partial charge in [0.25, 0.3) is 0 Å². The third-order valence-electron chi connectivity index (χ3n) is 4.69. The van der Waals surface area contributed by atoms with Gasteiger partial charge in [-0.05, 0) is 38.6 Å². The Morgan fingerprint density at radius 3 is 3.05 bits per heavy atom. The first-order chi connectivity index (χ1) is 10.8. The second kappa shape index (κ2) is 7.72. The number of amides is 1. The number of carbonyl (C=O) groups excluding carboxylic acids is 1. The molecule has 0 spiro atoms. The summed E-state index contributed by atoms with van der Waals surface area (Å²) in [4.78, 5) is 12.0. The molecule has 3 rings (SSSR count). The highest BCUT2D eigenvalue weighted by Crippen LogP contribution is 2.15. The lowest BCUT2D eigenvalue weighted by atomic mass is 10.0. The quantitative estimate of drug-likeness (QED) is 0.802. The van der Waals surface area contributed by atoms with E-state index in [0.29, 0.717) is 0 Å². The highest BCUT2D eigenvalue weighted by Gasteiger charge is 2.20. The molecular weight excluding hydrogens is 278 g/mol. The predicted molar refractivity (Wildman–Crippen MR) is 84.5 cm³/mol. The van der Waals surface area contributed by atoms with Crippen molar-refractivity contribution >= 4 is 5.91 Å². The average molecular weight is 305 g/mol. The molecule has 22 heavy (non-hydrogen) atoms. The predicted octanol–water partition coefficient (Wildman–Crippen LogP) is 1.20. The van der Waals surface area contributed by atoms with Crippen molar-refractivity contribution < 1.29 is 4.79 Å². The number of nitrogens with one attached hydrogen (secondary N) is 2. The number of nitrogens with zero attached hydrogens (tertiary/aromatic N) is 3. The van der Waals surface area contributed by atoms with Crippen LogP contribution in [-0.2, 0) is 24.2 Å². The second-order valence-corrected chi connectivity index (χ2v) is 6.39. The highest BCUT2D eigenvalue weighted by atomic mass is 16.2. The minimum absolute atomic E-state index is 0.0121. The molecule has 1 amide bonds. The summed E-state index contributed by atoms with van der Waals surface area (Å²) >= 11 is 0. The lowest BCUT2D eigenvalue weighted by molar-refractivity contribution is -0.123. The molecule has 0 bridgehead atoms. The fourth-order valence-electron chi connectivity index (χ4n) is 3.39. The average Bonchev–Trinajstić information content (AvgIpc) is 2.79. The fourth-order valence-corrected chi connectivity index (χ4v) is 3.39. The van der Waals surface area contributed by atoms with Crippen LogP contribution in [0.2, 0.25) is 0 Å². The monoisotopic (exact) mass is 305 g/mol. The number of hydrogen-bond acceptors (Lipinski definition) is 4. The van der Waals surface area contributed by atoms with Gasteiger partial charge in [-0.2, -0.15) is 0 Å². The Morgan fingerprint density at radius 2 is 2.18 bits per heavy atom. The molecule has 6 nitrogen and oxygen atoms in total. The third-order valence-corrected chi connectivity index (χ3v) is 4.69. The molecule has 6 heteroatoms. The number of carbonyl (C=O) groups is 1. The Balaban J connectivity index is 1.41. The van der Waals surface area contributed by atoms with Crippen LogP contribution in [0.1, 0.15) is 56.6 Å². The van der Waals surface area contributed by atoms with E-state index in [-0.39, 0.29) is 11.9 Å². The van der Waals surface area contributed by atoms with Crippen LogP contribution in [0.4, 0.5) is 0 Å². The van der Waals surface area contributed by atoms with Crippen molar-refractivity contribution in [3.63, 3.8) is 0 Å². The molecule has 1 fully saturated rings. The topological polar surface area (TPSA) is 71.8 Å². The molecule has 0 saturated carbocycles. The van der Waals surface area contributed by atoms with Crippen LogP contribution in [0.15, 0.2) is 0 Å². The summed E-state index contributed by atoms with van der Waals surface area (Å²) in [5, 5.41) is 15.0. The van der Waals surface area contributed by atoms with Crippen molar-refractivity contribution in [2.45, 2.75) is 70.4 Å². The summed E-state index contributed by atoms with van der Waals surface area (Å²) in [6.07, 6.45) is 9.90. The Morgan fingerprint density at radius 1 is 1.23 bits per heavy atom. The molecule has 0 radical (unpaired) electrons. The highest BCUT2D eigenvalue weighted by molar-refractivity contribution is 5.81. The first kappa shape index (κ1) is 15.5. The number of hydrogen-bond donors (Lipinski definition) is 2. The van der Waals surface area contributed by atoms with Crippen LogP contribution in [-0.4, -0.2) is 39.8 Å². The molecule has 1 aromatic rings. The lowest BCUT2D eigenvalue weighted by Crippen LogP contribution is -2.46. The summed E-state index contributed by atoms with van der Waals surface area (Å²) in [5.74, 6) is 2.38. The number of fused-ring (bicyclic) bond motifs is 1. The van der Waals surface area contributed by atoms with Gasteiger partial charge in [-0.25, -0.2) is 0 Å². The van der Waals surface area contributed by atoms with Gasteiger partial charge < -0.3 is 15.2 Å². The lowest BCUT2D eigenvalue weighted by Gasteiger charge is -2.22. The van der Waals surface area contributed by atoms with Gasteiger partial charge in [0.05, 0.1) is 6.04 Å². The standard InChI is InChI=1S/C16H27N5O/c22-16(13-7-3-4-10-17-13)18-11-6-9-15-20-19-14-8-2-1-5-12-21(14)15/h13,17H,1-12H2,(H,18,22)/t13-/m1/s1. The zero-order chi connectivity index (χ0) is 15.2. The Kier molecular flexibility index (Phi) is 5.43. The van der Waals surface area contributed by atoms with Crippen LogP contribution in [0.3, 0.4) is 0 Å². The first-order valence-corrected chi connectivity index (χ1v) is 8.76. The normalized spacial score (nSPS) is 21.9. The Bertz CT molecular complexity index is 493. The van der Waals surface area contributed by atoms with Gasteiger partial charge in [-0.15, -0.1) is 10.2 Å². The summed E-state index contributed by atoms with van der Waals surface area (Å²) in [5.41, 5.74) is 0. The van der Waals surface area contributed by atoms with E-state index in [4.69, 9.17) is 0 Å². The van der Waals surface area contributed by atoms with Crippen molar-refractivity contribution in [3.8, 4) is 0 Å². The van der Waals surface area contributed by atoms with Gasteiger partial charge in [0.15, 0.2) is 0 Å². The van der Waals surface area contributed by atoms with Crippen LogP contribution < -0.4 is 10.6 Å². The van der Waals surface area contributed by atoms with E-state index in [9.17, 15) is 4.79 Å². The largest absolute Gasteiger partial charge is 0.355 e. The van der Waals surface area contributed by atoms with E-state index in [1.165, 1.54) is 25.7 Å². The molecule has 2 aliphatic rings. The van der Waals surface area contributed by atoms with Crippen molar-refractivity contribution in [1.82, 2.24) is 25.4 Å². The molecule has 2 aliphatic heterocycles. The Labute approximate surface area is 132 Å². The second-order valence-electron chi connectivity index (χ2n) is 6.39. The zero-order valence-corrected chi connectivity index (χ0v) is 13.3. The SMILES string of the molecule is O=C(NCCCc1nnc2n1CCCCC2)[C@H]1CCCCN1. The van der Waals surface area contributed by atoms with Crippen molar-refractivity contribution in [3.05, 3.63) is 11.6 Å². The van der Waals surface area contributed by atoms with E-state index in [0.717, 1.165) is 63.4 Å². The molecule has 1 saturated heterocycles. The van der Waals surface area contributed by atoms with Gasteiger partial charge in [0.2, 0.25) is 5.91 Å². The number of aromatic nitrogens is 3. The van der Waals surface area contributed by atoms with Gasteiger partial charge in [-0.3, -0.25) is 4.79 Å². The van der Waals surface area contributed by atoms with Gasteiger partial charge >= 0.3 is 0 Å². The molecule has 1 aromatic heterocycles. The van der Waals surface area contributed by atoms with Crippen LogP contribution in [0, 0.1) is 0 Å². The maximum Gasteiger partial charge on any atom is 0.237 e.